The van der Waals surface area contributed by atoms with Gasteiger partial charge in [0.2, 0.25) is 0 Å². The molecule has 0 atom stereocenters. The molecule has 0 heterocycles. The number of benzene rings is 2. The van der Waals surface area contributed by atoms with Gasteiger partial charge in [-0.25, -0.2) is 0 Å². The Hall–Kier alpha value is -2.30. The van der Waals surface area contributed by atoms with Crippen molar-refractivity contribution in [1.82, 2.24) is 0 Å². The first kappa shape index (κ1) is 19.0. The normalized spacial score (nSPS) is 11.8. The van der Waals surface area contributed by atoms with Crippen molar-refractivity contribution in [3.63, 3.8) is 0 Å². The fourth-order valence-corrected chi connectivity index (χ4v) is 2.98. The molecular formula is C15H16O8S2. The monoisotopic (exact) mass is 388 g/mol. The SMILES string of the molecule is CCc1ccc(OS(=O)(=O)Oc2cc(C)ccc2OS(=O)(=O)O)cc1. The smallest absolute Gasteiger partial charge is 0.358 e. The van der Waals surface area contributed by atoms with E-state index in [0.717, 1.165) is 18.1 Å². The van der Waals surface area contributed by atoms with Gasteiger partial charge in [0.15, 0.2) is 11.5 Å². The van der Waals surface area contributed by atoms with Gasteiger partial charge in [-0.3, -0.25) is 4.55 Å². The summed E-state index contributed by atoms with van der Waals surface area (Å²) in [5.74, 6) is -0.911. The molecule has 0 spiro atoms. The van der Waals surface area contributed by atoms with E-state index in [-0.39, 0.29) is 5.75 Å². The average Bonchev–Trinajstić information content (AvgIpc) is 2.49. The zero-order valence-corrected chi connectivity index (χ0v) is 15.0. The van der Waals surface area contributed by atoms with Gasteiger partial charge in [0.25, 0.3) is 0 Å². The van der Waals surface area contributed by atoms with Crippen molar-refractivity contribution in [1.29, 1.82) is 0 Å². The van der Waals surface area contributed by atoms with Crippen molar-refractivity contribution in [3.8, 4) is 17.2 Å². The highest BCUT2D eigenvalue weighted by Crippen LogP contribution is 2.31. The lowest BCUT2D eigenvalue weighted by Crippen LogP contribution is -2.17. The van der Waals surface area contributed by atoms with E-state index in [1.54, 1.807) is 19.1 Å². The molecule has 0 saturated carbocycles. The van der Waals surface area contributed by atoms with E-state index in [9.17, 15) is 16.8 Å². The summed E-state index contributed by atoms with van der Waals surface area (Å²) in [6.07, 6.45) is 0.781. The standard InChI is InChI=1S/C15H16O8S2/c1-3-12-5-7-13(8-6-12)21-25(19,20)23-15-10-11(2)4-9-14(15)22-24(16,17)18/h4-10H,3H2,1-2H3,(H,16,17,18). The van der Waals surface area contributed by atoms with Gasteiger partial charge < -0.3 is 12.5 Å². The summed E-state index contributed by atoms with van der Waals surface area (Å²) in [7, 11) is -9.41. The first-order valence-corrected chi connectivity index (χ1v) is 9.78. The third-order valence-corrected chi connectivity index (χ3v) is 4.19. The molecule has 1 N–H and O–H groups in total. The predicted molar refractivity (Wildman–Crippen MR) is 89.4 cm³/mol. The second kappa shape index (κ2) is 7.30. The Morgan fingerprint density at radius 2 is 1.52 bits per heavy atom. The Bertz CT molecular complexity index is 948. The van der Waals surface area contributed by atoms with Crippen LogP contribution in [-0.2, 0) is 27.2 Å². The summed E-state index contributed by atoms with van der Waals surface area (Å²) >= 11 is 0. The van der Waals surface area contributed by atoms with Crippen LogP contribution in [0.25, 0.3) is 0 Å². The molecule has 0 aliphatic heterocycles. The van der Waals surface area contributed by atoms with Crippen molar-refractivity contribution in [2.45, 2.75) is 20.3 Å². The first-order chi connectivity index (χ1) is 11.6. The van der Waals surface area contributed by atoms with E-state index in [0.29, 0.717) is 5.56 Å². The lowest BCUT2D eigenvalue weighted by molar-refractivity contribution is 0.364. The molecule has 0 aromatic heterocycles. The maximum atomic E-state index is 12.0. The van der Waals surface area contributed by atoms with Gasteiger partial charge in [-0.15, -0.1) is 8.42 Å². The maximum absolute atomic E-state index is 12.0. The molecule has 10 heteroatoms. The lowest BCUT2D eigenvalue weighted by Gasteiger charge is -2.11. The zero-order chi connectivity index (χ0) is 18.7. The lowest BCUT2D eigenvalue weighted by atomic mass is 10.2. The van der Waals surface area contributed by atoms with E-state index < -0.39 is 32.3 Å². The maximum Gasteiger partial charge on any atom is 0.501 e. The third kappa shape index (κ3) is 5.93. The van der Waals surface area contributed by atoms with Gasteiger partial charge in [-0.1, -0.05) is 25.1 Å². The van der Waals surface area contributed by atoms with Crippen LogP contribution in [0.5, 0.6) is 17.2 Å². The summed E-state index contributed by atoms with van der Waals surface area (Å²) < 4.78 is 68.4. The van der Waals surface area contributed by atoms with Gasteiger partial charge in [0, 0.05) is 0 Å². The third-order valence-electron chi connectivity index (χ3n) is 3.02. The topological polar surface area (TPSA) is 116 Å². The summed E-state index contributed by atoms with van der Waals surface area (Å²) in [6, 6.07) is 10.1. The molecule has 0 aliphatic rings. The van der Waals surface area contributed by atoms with E-state index in [1.165, 1.54) is 24.3 Å². The highest BCUT2D eigenvalue weighted by molar-refractivity contribution is 7.82. The molecule has 0 fully saturated rings. The van der Waals surface area contributed by atoms with E-state index in [4.69, 9.17) is 12.9 Å². The average molecular weight is 388 g/mol. The number of rotatable bonds is 7. The zero-order valence-electron chi connectivity index (χ0n) is 13.4. The Morgan fingerprint density at radius 1 is 0.880 bits per heavy atom. The van der Waals surface area contributed by atoms with E-state index in [2.05, 4.69) is 4.18 Å². The van der Waals surface area contributed by atoms with Crippen LogP contribution in [0.2, 0.25) is 0 Å². The predicted octanol–water partition coefficient (Wildman–Crippen LogP) is 2.44. The van der Waals surface area contributed by atoms with Gasteiger partial charge in [-0.05, 0) is 48.7 Å². The Kier molecular flexibility index (Phi) is 5.55. The fourth-order valence-electron chi connectivity index (χ4n) is 1.89. The van der Waals surface area contributed by atoms with Crippen LogP contribution in [0.4, 0.5) is 0 Å². The molecule has 2 aromatic rings. The van der Waals surface area contributed by atoms with Crippen molar-refractivity contribution >= 4 is 20.8 Å². The van der Waals surface area contributed by atoms with Gasteiger partial charge >= 0.3 is 20.8 Å². The second-order valence-electron chi connectivity index (χ2n) is 5.03. The van der Waals surface area contributed by atoms with Crippen LogP contribution in [0.1, 0.15) is 18.1 Å². The molecule has 136 valence electrons. The number of hydrogen-bond acceptors (Lipinski definition) is 7. The summed E-state index contributed by atoms with van der Waals surface area (Å²) in [6.45, 7) is 3.57. The quantitative estimate of drug-likeness (QED) is 0.719. The Labute approximate surface area is 146 Å². The molecule has 0 saturated heterocycles. The van der Waals surface area contributed by atoms with E-state index in [1.807, 2.05) is 6.92 Å². The number of hydrogen-bond donors (Lipinski definition) is 1. The summed E-state index contributed by atoms with van der Waals surface area (Å²) in [4.78, 5) is 0. The molecule has 2 aromatic carbocycles. The summed E-state index contributed by atoms with van der Waals surface area (Å²) in [5, 5.41) is 0. The van der Waals surface area contributed by atoms with E-state index >= 15 is 0 Å². The highest BCUT2D eigenvalue weighted by Gasteiger charge is 2.21. The molecule has 2 rings (SSSR count). The van der Waals surface area contributed by atoms with Gasteiger partial charge in [0.1, 0.15) is 5.75 Å². The Balaban J connectivity index is 2.25. The summed E-state index contributed by atoms with van der Waals surface area (Å²) in [5.41, 5.74) is 1.56. The molecule has 8 nitrogen and oxygen atoms in total. The van der Waals surface area contributed by atoms with Gasteiger partial charge in [0.05, 0.1) is 0 Å². The van der Waals surface area contributed by atoms with Crippen molar-refractivity contribution in [2.75, 3.05) is 0 Å². The van der Waals surface area contributed by atoms with Crippen LogP contribution < -0.4 is 12.5 Å². The molecule has 0 radical (unpaired) electrons. The molecule has 25 heavy (non-hydrogen) atoms. The largest absolute Gasteiger partial charge is 0.501 e. The first-order valence-electron chi connectivity index (χ1n) is 7.08. The number of aryl methyl sites for hydroxylation is 2. The molecule has 0 amide bonds. The molecule has 0 unspecified atom stereocenters. The molecular weight excluding hydrogens is 372 g/mol. The van der Waals surface area contributed by atoms with Crippen molar-refractivity contribution < 1.29 is 33.9 Å². The molecule has 0 bridgehead atoms. The molecule has 0 aliphatic carbocycles. The van der Waals surface area contributed by atoms with Crippen LogP contribution >= 0.6 is 0 Å². The van der Waals surface area contributed by atoms with Crippen LogP contribution in [-0.4, -0.2) is 21.4 Å². The fraction of sp³-hybridized carbons (Fsp3) is 0.200. The van der Waals surface area contributed by atoms with Crippen molar-refractivity contribution in [2.24, 2.45) is 0 Å². The van der Waals surface area contributed by atoms with Crippen LogP contribution in [0, 0.1) is 6.92 Å². The highest BCUT2D eigenvalue weighted by atomic mass is 32.3. The van der Waals surface area contributed by atoms with Crippen molar-refractivity contribution in [3.05, 3.63) is 53.6 Å². The van der Waals surface area contributed by atoms with Crippen LogP contribution in [0.15, 0.2) is 42.5 Å². The Morgan fingerprint density at radius 3 is 2.08 bits per heavy atom. The van der Waals surface area contributed by atoms with Gasteiger partial charge in [-0.2, -0.15) is 8.42 Å². The minimum absolute atomic E-state index is 0.0297. The minimum atomic E-state index is -4.85. The second-order valence-corrected chi connectivity index (χ2v) is 7.21. The minimum Gasteiger partial charge on any atom is -0.358 e. The van der Waals surface area contributed by atoms with Crippen LogP contribution in [0.3, 0.4) is 0 Å².